The van der Waals surface area contributed by atoms with Gasteiger partial charge in [-0.3, -0.25) is 4.98 Å². The van der Waals surface area contributed by atoms with Crippen molar-refractivity contribution in [1.29, 1.82) is 0 Å². The zero-order valence-electron chi connectivity index (χ0n) is 9.92. The van der Waals surface area contributed by atoms with Crippen LogP contribution in [0.1, 0.15) is 0 Å². The molecule has 0 spiro atoms. The standard InChI is InChI=1S/C13H11N3O2S/c19-13(16-10-2-1-5-14-7-10)15-9-3-4-11-12(6-9)18-8-17-11/h1-7H,8H2,(H2,15,16,19). The Balaban J connectivity index is 1.66. The number of nitrogens with one attached hydrogen (secondary N) is 2. The minimum atomic E-state index is 0.261. The van der Waals surface area contributed by atoms with Gasteiger partial charge in [0.15, 0.2) is 16.6 Å². The van der Waals surface area contributed by atoms with Gasteiger partial charge in [0.05, 0.1) is 11.9 Å². The maximum absolute atomic E-state index is 5.30. The molecule has 2 aromatic rings. The maximum Gasteiger partial charge on any atom is 0.231 e. The summed E-state index contributed by atoms with van der Waals surface area (Å²) < 4.78 is 10.6. The van der Waals surface area contributed by atoms with Gasteiger partial charge in [-0.15, -0.1) is 0 Å². The molecule has 0 fully saturated rings. The summed E-state index contributed by atoms with van der Waals surface area (Å²) in [6.07, 6.45) is 3.41. The Hall–Kier alpha value is -2.34. The molecule has 2 N–H and O–H groups in total. The molecule has 0 unspecified atom stereocenters. The van der Waals surface area contributed by atoms with Crippen LogP contribution in [0.5, 0.6) is 11.5 Å². The predicted octanol–water partition coefficient (Wildman–Crippen LogP) is 2.62. The molecule has 0 amide bonds. The first-order valence-corrected chi connectivity index (χ1v) is 6.10. The maximum atomic E-state index is 5.30. The second-order valence-electron chi connectivity index (χ2n) is 3.89. The first-order valence-electron chi connectivity index (χ1n) is 5.69. The number of aromatic nitrogens is 1. The highest BCUT2D eigenvalue weighted by atomic mass is 32.1. The lowest BCUT2D eigenvalue weighted by Crippen LogP contribution is -2.19. The van der Waals surface area contributed by atoms with Crippen molar-refractivity contribution in [3.05, 3.63) is 42.7 Å². The second kappa shape index (κ2) is 5.11. The van der Waals surface area contributed by atoms with Gasteiger partial charge in [-0.25, -0.2) is 0 Å². The Morgan fingerprint density at radius 1 is 1.11 bits per heavy atom. The van der Waals surface area contributed by atoms with Crippen LogP contribution in [0.2, 0.25) is 0 Å². The largest absolute Gasteiger partial charge is 0.454 e. The predicted molar refractivity (Wildman–Crippen MR) is 76.6 cm³/mol. The highest BCUT2D eigenvalue weighted by molar-refractivity contribution is 7.80. The van der Waals surface area contributed by atoms with Crippen molar-refractivity contribution < 1.29 is 9.47 Å². The second-order valence-corrected chi connectivity index (χ2v) is 4.30. The van der Waals surface area contributed by atoms with E-state index in [1.165, 1.54) is 0 Å². The van der Waals surface area contributed by atoms with E-state index in [1.54, 1.807) is 12.4 Å². The van der Waals surface area contributed by atoms with E-state index in [9.17, 15) is 0 Å². The monoisotopic (exact) mass is 273 g/mol. The Labute approximate surface area is 115 Å². The number of thiocarbonyl (C=S) groups is 1. The quantitative estimate of drug-likeness (QED) is 0.820. The average Bonchev–Trinajstić information content (AvgIpc) is 2.87. The van der Waals surface area contributed by atoms with Crippen molar-refractivity contribution in [2.45, 2.75) is 0 Å². The lowest BCUT2D eigenvalue weighted by atomic mass is 10.3. The minimum Gasteiger partial charge on any atom is -0.454 e. The lowest BCUT2D eigenvalue weighted by Gasteiger charge is -2.10. The van der Waals surface area contributed by atoms with Gasteiger partial charge >= 0.3 is 0 Å². The molecule has 0 bridgehead atoms. The average molecular weight is 273 g/mol. The van der Waals surface area contributed by atoms with Crippen LogP contribution >= 0.6 is 12.2 Å². The molecule has 1 aromatic heterocycles. The van der Waals surface area contributed by atoms with Crippen molar-refractivity contribution in [2.75, 3.05) is 17.4 Å². The number of benzene rings is 1. The third kappa shape index (κ3) is 2.74. The fourth-order valence-electron chi connectivity index (χ4n) is 1.70. The molecule has 0 saturated carbocycles. The van der Waals surface area contributed by atoms with Gasteiger partial charge in [0.2, 0.25) is 6.79 Å². The number of rotatable bonds is 2. The number of ether oxygens (including phenoxy) is 2. The molecule has 6 heteroatoms. The summed E-state index contributed by atoms with van der Waals surface area (Å²) in [5, 5.41) is 6.61. The normalized spacial score (nSPS) is 12.0. The van der Waals surface area contributed by atoms with E-state index >= 15 is 0 Å². The van der Waals surface area contributed by atoms with Crippen LogP contribution in [0.25, 0.3) is 0 Å². The van der Waals surface area contributed by atoms with Crippen LogP contribution in [-0.4, -0.2) is 16.9 Å². The van der Waals surface area contributed by atoms with Crippen LogP contribution in [0.3, 0.4) is 0 Å². The van der Waals surface area contributed by atoms with Crippen molar-refractivity contribution >= 4 is 28.7 Å². The molecule has 0 aliphatic carbocycles. The van der Waals surface area contributed by atoms with Crippen LogP contribution < -0.4 is 20.1 Å². The van der Waals surface area contributed by atoms with Gasteiger partial charge in [0.1, 0.15) is 0 Å². The Morgan fingerprint density at radius 3 is 2.79 bits per heavy atom. The topological polar surface area (TPSA) is 55.4 Å². The fraction of sp³-hybridized carbons (Fsp3) is 0.0769. The summed E-state index contributed by atoms with van der Waals surface area (Å²) in [6.45, 7) is 0.261. The Bertz CT molecular complexity index is 604. The van der Waals surface area contributed by atoms with Gasteiger partial charge in [-0.1, -0.05) is 0 Å². The van der Waals surface area contributed by atoms with Crippen LogP contribution in [0, 0.1) is 0 Å². The van der Waals surface area contributed by atoms with E-state index in [1.807, 2.05) is 30.3 Å². The van der Waals surface area contributed by atoms with E-state index in [2.05, 4.69) is 15.6 Å². The number of hydrogen-bond donors (Lipinski definition) is 2. The molecule has 1 aromatic carbocycles. The van der Waals surface area contributed by atoms with Gasteiger partial charge in [0.25, 0.3) is 0 Å². The summed E-state index contributed by atoms with van der Waals surface area (Å²) in [5.74, 6) is 1.46. The molecule has 1 aliphatic heterocycles. The van der Waals surface area contributed by atoms with Crippen LogP contribution in [-0.2, 0) is 0 Å². The van der Waals surface area contributed by atoms with Gasteiger partial charge < -0.3 is 20.1 Å². The molecule has 0 saturated heterocycles. The van der Waals surface area contributed by atoms with E-state index in [0.29, 0.717) is 10.9 Å². The zero-order chi connectivity index (χ0) is 13.1. The van der Waals surface area contributed by atoms with E-state index in [4.69, 9.17) is 21.7 Å². The van der Waals surface area contributed by atoms with Crippen molar-refractivity contribution in [3.8, 4) is 11.5 Å². The number of nitrogens with zero attached hydrogens (tertiary/aromatic N) is 1. The summed E-state index contributed by atoms with van der Waals surface area (Å²) in [5.41, 5.74) is 1.67. The van der Waals surface area contributed by atoms with Crippen LogP contribution in [0.15, 0.2) is 42.7 Å². The van der Waals surface area contributed by atoms with Crippen LogP contribution in [0.4, 0.5) is 11.4 Å². The molecular formula is C13H11N3O2S. The van der Waals surface area contributed by atoms with E-state index < -0.39 is 0 Å². The van der Waals surface area contributed by atoms with Crippen molar-refractivity contribution in [1.82, 2.24) is 4.98 Å². The number of fused-ring (bicyclic) bond motifs is 1. The highest BCUT2D eigenvalue weighted by Crippen LogP contribution is 2.34. The molecular weight excluding hydrogens is 262 g/mol. The number of pyridine rings is 1. The molecule has 3 rings (SSSR count). The molecule has 5 nitrogen and oxygen atoms in total. The van der Waals surface area contributed by atoms with E-state index in [-0.39, 0.29) is 6.79 Å². The summed E-state index contributed by atoms with van der Waals surface area (Å²) in [6, 6.07) is 9.30. The number of hydrogen-bond acceptors (Lipinski definition) is 4. The Morgan fingerprint density at radius 2 is 1.95 bits per heavy atom. The summed E-state index contributed by atoms with van der Waals surface area (Å²) in [4.78, 5) is 4.01. The first-order chi connectivity index (χ1) is 9.31. The van der Waals surface area contributed by atoms with Gasteiger partial charge in [-0.05, 0) is 36.5 Å². The number of anilines is 2. The summed E-state index contributed by atoms with van der Waals surface area (Å²) >= 11 is 5.22. The van der Waals surface area contributed by atoms with Gasteiger partial charge in [-0.2, -0.15) is 0 Å². The first kappa shape index (κ1) is 11.7. The fourth-order valence-corrected chi connectivity index (χ4v) is 1.94. The van der Waals surface area contributed by atoms with Gasteiger partial charge in [0, 0.05) is 18.0 Å². The highest BCUT2D eigenvalue weighted by Gasteiger charge is 2.13. The molecule has 0 atom stereocenters. The summed E-state index contributed by atoms with van der Waals surface area (Å²) in [7, 11) is 0. The third-order valence-corrected chi connectivity index (χ3v) is 2.75. The lowest BCUT2D eigenvalue weighted by molar-refractivity contribution is 0.174. The smallest absolute Gasteiger partial charge is 0.231 e. The molecule has 19 heavy (non-hydrogen) atoms. The third-order valence-electron chi connectivity index (χ3n) is 2.55. The van der Waals surface area contributed by atoms with Crippen molar-refractivity contribution in [3.63, 3.8) is 0 Å². The van der Waals surface area contributed by atoms with Crippen molar-refractivity contribution in [2.24, 2.45) is 0 Å². The zero-order valence-corrected chi connectivity index (χ0v) is 10.7. The van der Waals surface area contributed by atoms with E-state index in [0.717, 1.165) is 17.1 Å². The molecule has 96 valence electrons. The Kier molecular flexibility index (Phi) is 3.16. The minimum absolute atomic E-state index is 0.261. The molecule has 2 heterocycles. The molecule has 1 aliphatic rings. The SMILES string of the molecule is S=C(Nc1cccnc1)Nc1ccc2c(c1)OCO2. The molecule has 0 radical (unpaired) electrons.